The van der Waals surface area contributed by atoms with Gasteiger partial charge in [0.2, 0.25) is 0 Å². The molecule has 0 spiro atoms. The number of nitrogen functional groups attached to an aromatic ring is 1. The van der Waals surface area contributed by atoms with Crippen molar-refractivity contribution in [2.75, 3.05) is 16.4 Å². The second kappa shape index (κ2) is 7.49. The molecule has 0 saturated heterocycles. The Morgan fingerprint density at radius 1 is 1.31 bits per heavy atom. The molecule has 2 heterocycles. The van der Waals surface area contributed by atoms with E-state index in [2.05, 4.69) is 20.6 Å². The molecule has 26 heavy (non-hydrogen) atoms. The number of amides is 1. The van der Waals surface area contributed by atoms with Crippen LogP contribution in [0.3, 0.4) is 0 Å². The minimum Gasteiger partial charge on any atom is -0.382 e. The number of nitrogens with one attached hydrogen (secondary N) is 2. The van der Waals surface area contributed by atoms with Crippen molar-refractivity contribution in [3.8, 4) is 0 Å². The van der Waals surface area contributed by atoms with Crippen molar-refractivity contribution in [3.63, 3.8) is 0 Å². The molecule has 3 rings (SSSR count). The number of aromatic nitrogens is 2. The molecule has 0 atom stereocenters. The summed E-state index contributed by atoms with van der Waals surface area (Å²) in [6.45, 7) is 3.85. The molecule has 1 amide bonds. The van der Waals surface area contributed by atoms with Gasteiger partial charge in [0.15, 0.2) is 0 Å². The molecule has 4 N–H and O–H groups in total. The van der Waals surface area contributed by atoms with E-state index in [9.17, 15) is 9.18 Å². The third kappa shape index (κ3) is 3.97. The van der Waals surface area contributed by atoms with Crippen LogP contribution in [0.25, 0.3) is 0 Å². The Labute approximate surface area is 154 Å². The second-order valence-electron chi connectivity index (χ2n) is 5.70. The molecule has 0 saturated carbocycles. The molecule has 8 heteroatoms. The molecule has 6 nitrogen and oxygen atoms in total. The molecule has 0 bridgehead atoms. The highest BCUT2D eigenvalue weighted by molar-refractivity contribution is 7.13. The number of thiazole rings is 1. The minimum absolute atomic E-state index is 0.212. The molecule has 0 unspecified atom stereocenters. The first-order chi connectivity index (χ1) is 12.4. The summed E-state index contributed by atoms with van der Waals surface area (Å²) in [4.78, 5) is 21.2. The molecule has 0 aliphatic heterocycles. The number of hydrogen-bond donors (Lipinski definition) is 3. The largest absolute Gasteiger partial charge is 0.382 e. The molecule has 0 fully saturated rings. The van der Waals surface area contributed by atoms with Crippen LogP contribution >= 0.6 is 11.3 Å². The molecule has 0 aliphatic rings. The third-order valence-electron chi connectivity index (χ3n) is 3.72. The van der Waals surface area contributed by atoms with Crippen LogP contribution in [0.2, 0.25) is 0 Å². The lowest BCUT2D eigenvalue weighted by Gasteiger charge is -2.11. The van der Waals surface area contributed by atoms with Crippen molar-refractivity contribution in [1.29, 1.82) is 0 Å². The lowest BCUT2D eigenvalue weighted by molar-refractivity contribution is 0.103. The Morgan fingerprint density at radius 2 is 2.12 bits per heavy atom. The SMILES string of the molecule is Cc1nc(C)c(C(=O)Nc2ccc(F)c(CNc3cccnc3N)c2)s1. The normalized spacial score (nSPS) is 10.6. The van der Waals surface area contributed by atoms with E-state index in [4.69, 9.17) is 5.73 Å². The highest BCUT2D eigenvalue weighted by atomic mass is 32.1. The fourth-order valence-electron chi connectivity index (χ4n) is 2.48. The fourth-order valence-corrected chi connectivity index (χ4v) is 3.29. The number of carbonyl (C=O) groups excluding carboxylic acids is 1. The summed E-state index contributed by atoms with van der Waals surface area (Å²) in [5.41, 5.74) is 7.99. The summed E-state index contributed by atoms with van der Waals surface area (Å²) in [7, 11) is 0. The van der Waals surface area contributed by atoms with Crippen LogP contribution in [0, 0.1) is 19.7 Å². The zero-order chi connectivity index (χ0) is 18.7. The Balaban J connectivity index is 1.74. The Morgan fingerprint density at radius 3 is 2.81 bits per heavy atom. The van der Waals surface area contributed by atoms with E-state index in [0.717, 1.165) is 5.01 Å². The number of halogens is 1. The number of hydrogen-bond acceptors (Lipinski definition) is 6. The van der Waals surface area contributed by atoms with Gasteiger partial charge < -0.3 is 16.4 Å². The molecule has 0 radical (unpaired) electrons. The van der Waals surface area contributed by atoms with E-state index < -0.39 is 0 Å². The van der Waals surface area contributed by atoms with Crippen molar-refractivity contribution in [1.82, 2.24) is 9.97 Å². The average Bonchev–Trinajstić information content (AvgIpc) is 2.95. The summed E-state index contributed by atoms with van der Waals surface area (Å²) in [6.07, 6.45) is 1.58. The molecular formula is C18H18FN5OS. The van der Waals surface area contributed by atoms with Gasteiger partial charge in [0.25, 0.3) is 5.91 Å². The van der Waals surface area contributed by atoms with Crippen molar-refractivity contribution in [2.24, 2.45) is 0 Å². The van der Waals surface area contributed by atoms with Crippen molar-refractivity contribution in [2.45, 2.75) is 20.4 Å². The first kappa shape index (κ1) is 17.8. The van der Waals surface area contributed by atoms with Gasteiger partial charge in [-0.15, -0.1) is 11.3 Å². The summed E-state index contributed by atoms with van der Waals surface area (Å²) >= 11 is 1.33. The van der Waals surface area contributed by atoms with Crippen LogP contribution < -0.4 is 16.4 Å². The molecule has 1 aromatic carbocycles. The summed E-state index contributed by atoms with van der Waals surface area (Å²) in [5.74, 6) is -0.286. The van der Waals surface area contributed by atoms with Gasteiger partial charge >= 0.3 is 0 Å². The van der Waals surface area contributed by atoms with E-state index in [1.54, 1.807) is 31.3 Å². The van der Waals surface area contributed by atoms with E-state index >= 15 is 0 Å². The van der Waals surface area contributed by atoms with E-state index in [1.807, 2.05) is 6.92 Å². The molecule has 0 aliphatic carbocycles. The maximum atomic E-state index is 14.1. The number of anilines is 3. The molecule has 3 aromatic rings. The first-order valence-corrected chi connectivity index (χ1v) is 8.74. The van der Waals surface area contributed by atoms with Gasteiger partial charge in [0.05, 0.1) is 16.4 Å². The van der Waals surface area contributed by atoms with Crippen molar-refractivity contribution in [3.05, 3.63) is 63.5 Å². The monoisotopic (exact) mass is 371 g/mol. The summed E-state index contributed by atoms with van der Waals surface area (Å²) < 4.78 is 14.1. The van der Waals surface area contributed by atoms with Crippen LogP contribution in [0.15, 0.2) is 36.5 Å². The van der Waals surface area contributed by atoms with Crippen LogP contribution in [0.4, 0.5) is 21.6 Å². The van der Waals surface area contributed by atoms with Crippen LogP contribution in [-0.2, 0) is 6.54 Å². The quantitative estimate of drug-likeness (QED) is 0.635. The van der Waals surface area contributed by atoms with Gasteiger partial charge in [-0.2, -0.15) is 0 Å². The Kier molecular flexibility index (Phi) is 5.13. The van der Waals surface area contributed by atoms with E-state index in [1.165, 1.54) is 23.5 Å². The van der Waals surface area contributed by atoms with Crippen LogP contribution in [-0.4, -0.2) is 15.9 Å². The highest BCUT2D eigenvalue weighted by Crippen LogP contribution is 2.22. The first-order valence-electron chi connectivity index (χ1n) is 7.92. The molecule has 2 aromatic heterocycles. The zero-order valence-corrected chi connectivity index (χ0v) is 15.2. The maximum absolute atomic E-state index is 14.1. The van der Waals surface area contributed by atoms with Gasteiger partial charge in [0, 0.05) is 24.0 Å². The smallest absolute Gasteiger partial charge is 0.267 e. The number of rotatable bonds is 5. The predicted molar refractivity (Wildman–Crippen MR) is 102 cm³/mol. The van der Waals surface area contributed by atoms with Gasteiger partial charge in [-0.25, -0.2) is 14.4 Å². The average molecular weight is 371 g/mol. The van der Waals surface area contributed by atoms with Gasteiger partial charge in [-0.3, -0.25) is 4.79 Å². The number of nitrogens with two attached hydrogens (primary N) is 1. The van der Waals surface area contributed by atoms with Crippen molar-refractivity contribution >= 4 is 34.4 Å². The van der Waals surface area contributed by atoms with Crippen LogP contribution in [0.1, 0.15) is 25.9 Å². The predicted octanol–water partition coefficient (Wildman–Crippen LogP) is 3.74. The lowest BCUT2D eigenvalue weighted by atomic mass is 10.1. The number of nitrogens with zero attached hydrogens (tertiary/aromatic N) is 2. The van der Waals surface area contributed by atoms with E-state index in [0.29, 0.717) is 33.3 Å². The van der Waals surface area contributed by atoms with Gasteiger partial charge in [-0.1, -0.05) is 0 Å². The lowest BCUT2D eigenvalue weighted by Crippen LogP contribution is -2.12. The summed E-state index contributed by atoms with van der Waals surface area (Å²) in [6, 6.07) is 7.95. The van der Waals surface area contributed by atoms with Gasteiger partial charge in [-0.05, 0) is 44.2 Å². The van der Waals surface area contributed by atoms with Crippen LogP contribution in [0.5, 0.6) is 0 Å². The zero-order valence-electron chi connectivity index (χ0n) is 14.3. The maximum Gasteiger partial charge on any atom is 0.267 e. The fraction of sp³-hybridized carbons (Fsp3) is 0.167. The Bertz CT molecular complexity index is 957. The number of benzene rings is 1. The van der Waals surface area contributed by atoms with E-state index in [-0.39, 0.29) is 18.3 Å². The van der Waals surface area contributed by atoms with Crippen molar-refractivity contribution < 1.29 is 9.18 Å². The topological polar surface area (TPSA) is 92.9 Å². The minimum atomic E-state index is -0.372. The number of carbonyl (C=O) groups is 1. The highest BCUT2D eigenvalue weighted by Gasteiger charge is 2.14. The molecule has 134 valence electrons. The standard InChI is InChI=1S/C18H18FN5OS/c1-10-16(26-11(2)23-10)18(25)24-13-5-6-14(19)12(8-13)9-22-15-4-3-7-21-17(15)20/h3-8,22H,9H2,1-2H3,(H2,20,21)(H,24,25). The second-order valence-corrected chi connectivity index (χ2v) is 6.90. The third-order valence-corrected chi connectivity index (χ3v) is 4.79. The molecular weight excluding hydrogens is 353 g/mol. The summed E-state index contributed by atoms with van der Waals surface area (Å²) in [5, 5.41) is 6.66. The Hall–Kier alpha value is -3.00. The number of aryl methyl sites for hydroxylation is 2. The van der Waals surface area contributed by atoms with Gasteiger partial charge in [0.1, 0.15) is 16.5 Å². The number of pyridine rings is 1.